The molecule has 1 fully saturated rings. The maximum Gasteiger partial charge on any atom is 0.214 e. The van der Waals surface area contributed by atoms with E-state index in [1.807, 2.05) is 6.07 Å². The van der Waals surface area contributed by atoms with E-state index in [1.54, 1.807) is 6.07 Å². The molecule has 2 aromatic heterocycles. The van der Waals surface area contributed by atoms with E-state index in [1.165, 1.54) is 6.39 Å². The van der Waals surface area contributed by atoms with E-state index in [9.17, 15) is 0 Å². The summed E-state index contributed by atoms with van der Waals surface area (Å²) in [6, 6.07) is 3.94. The van der Waals surface area contributed by atoms with Gasteiger partial charge in [-0.15, -0.1) is 0 Å². The first kappa shape index (κ1) is 12.4. The van der Waals surface area contributed by atoms with E-state index in [-0.39, 0.29) is 6.04 Å². The highest BCUT2D eigenvalue weighted by atomic mass is 35.5. The van der Waals surface area contributed by atoms with Gasteiger partial charge in [-0.2, -0.15) is 4.98 Å². The Hall–Kier alpha value is -1.66. The molecule has 100 valence electrons. The lowest BCUT2D eigenvalue weighted by atomic mass is 10.1. The second-order valence-corrected chi connectivity index (χ2v) is 5.00. The third-order valence-electron chi connectivity index (χ3n) is 3.26. The highest BCUT2D eigenvalue weighted by Gasteiger charge is 2.18. The van der Waals surface area contributed by atoms with Crippen molar-refractivity contribution in [1.29, 1.82) is 0 Å². The molecule has 1 saturated heterocycles. The van der Waals surface area contributed by atoms with Crippen LogP contribution >= 0.6 is 11.6 Å². The number of anilines is 1. The van der Waals surface area contributed by atoms with Crippen molar-refractivity contribution < 1.29 is 4.52 Å². The molecule has 7 heteroatoms. The van der Waals surface area contributed by atoms with E-state index < -0.39 is 0 Å². The Labute approximate surface area is 115 Å². The van der Waals surface area contributed by atoms with Crippen LogP contribution in [0.1, 0.15) is 12.8 Å². The Kier molecular flexibility index (Phi) is 3.35. The molecule has 6 nitrogen and oxygen atoms in total. The van der Waals surface area contributed by atoms with Crippen LogP contribution in [0.25, 0.3) is 11.4 Å². The first-order valence-electron chi connectivity index (χ1n) is 6.17. The van der Waals surface area contributed by atoms with Gasteiger partial charge in [0.15, 0.2) is 0 Å². The normalized spacial score (nSPS) is 16.8. The molecule has 0 saturated carbocycles. The molecule has 19 heavy (non-hydrogen) atoms. The van der Waals surface area contributed by atoms with Crippen LogP contribution in [0.2, 0.25) is 5.15 Å². The van der Waals surface area contributed by atoms with Gasteiger partial charge in [0.25, 0.3) is 0 Å². The maximum absolute atomic E-state index is 6.07. The minimum absolute atomic E-state index is 0.284. The molecule has 3 heterocycles. The van der Waals surface area contributed by atoms with Gasteiger partial charge < -0.3 is 15.2 Å². The average Bonchev–Trinajstić information content (AvgIpc) is 2.93. The molecule has 0 unspecified atom stereocenters. The fourth-order valence-corrected chi connectivity index (χ4v) is 2.40. The second-order valence-electron chi connectivity index (χ2n) is 4.62. The summed E-state index contributed by atoms with van der Waals surface area (Å²) < 4.78 is 4.75. The summed E-state index contributed by atoms with van der Waals surface area (Å²) in [4.78, 5) is 10.6. The van der Waals surface area contributed by atoms with Gasteiger partial charge in [-0.05, 0) is 25.0 Å². The number of halogens is 1. The zero-order chi connectivity index (χ0) is 13.2. The summed E-state index contributed by atoms with van der Waals surface area (Å²) in [7, 11) is 0. The van der Waals surface area contributed by atoms with Crippen molar-refractivity contribution in [2.24, 2.45) is 5.73 Å². The summed E-state index contributed by atoms with van der Waals surface area (Å²) in [6.07, 6.45) is 3.22. The zero-order valence-corrected chi connectivity index (χ0v) is 11.0. The highest BCUT2D eigenvalue weighted by Crippen LogP contribution is 2.25. The Morgan fingerprint density at radius 3 is 2.79 bits per heavy atom. The molecular formula is C12H14ClN5O. The van der Waals surface area contributed by atoms with Crippen molar-refractivity contribution in [3.05, 3.63) is 23.7 Å². The van der Waals surface area contributed by atoms with Crippen molar-refractivity contribution in [3.8, 4) is 11.4 Å². The smallest absolute Gasteiger partial charge is 0.214 e. The standard InChI is InChI=1S/C12H14ClN5O/c13-10-5-8(12-15-7-19-17-12)6-11(16-10)18-3-1-9(14)2-4-18/h5-7,9H,1-4,14H2. The molecule has 2 N–H and O–H groups in total. The van der Waals surface area contributed by atoms with Crippen LogP contribution in [0.5, 0.6) is 0 Å². The highest BCUT2D eigenvalue weighted by molar-refractivity contribution is 6.29. The number of pyridine rings is 1. The lowest BCUT2D eigenvalue weighted by Crippen LogP contribution is -2.40. The van der Waals surface area contributed by atoms with Crippen molar-refractivity contribution in [2.75, 3.05) is 18.0 Å². The van der Waals surface area contributed by atoms with Gasteiger partial charge >= 0.3 is 0 Å². The number of hydrogen-bond acceptors (Lipinski definition) is 6. The van der Waals surface area contributed by atoms with Crippen LogP contribution in [0.15, 0.2) is 23.0 Å². The van der Waals surface area contributed by atoms with Crippen LogP contribution < -0.4 is 10.6 Å². The Bertz CT molecular complexity index is 551. The van der Waals surface area contributed by atoms with E-state index in [4.69, 9.17) is 21.9 Å². The van der Waals surface area contributed by atoms with E-state index in [0.29, 0.717) is 11.0 Å². The van der Waals surface area contributed by atoms with Gasteiger partial charge in [0, 0.05) is 24.7 Å². The van der Waals surface area contributed by atoms with Crippen LogP contribution in [0.4, 0.5) is 5.82 Å². The predicted octanol–water partition coefficient (Wildman–Crippen LogP) is 1.71. The molecule has 1 aliphatic heterocycles. The number of aromatic nitrogens is 3. The quantitative estimate of drug-likeness (QED) is 0.843. The Morgan fingerprint density at radius 1 is 1.32 bits per heavy atom. The van der Waals surface area contributed by atoms with Crippen molar-refractivity contribution in [3.63, 3.8) is 0 Å². The largest absolute Gasteiger partial charge is 0.356 e. The maximum atomic E-state index is 6.07. The van der Waals surface area contributed by atoms with Gasteiger partial charge in [0.1, 0.15) is 11.0 Å². The summed E-state index contributed by atoms with van der Waals surface area (Å²) in [6.45, 7) is 1.78. The number of nitrogens with two attached hydrogens (primary N) is 1. The summed E-state index contributed by atoms with van der Waals surface area (Å²) >= 11 is 6.07. The molecule has 0 bridgehead atoms. The molecule has 0 aliphatic carbocycles. The molecule has 0 aromatic carbocycles. The monoisotopic (exact) mass is 279 g/mol. The number of piperidine rings is 1. The Morgan fingerprint density at radius 2 is 2.11 bits per heavy atom. The minimum Gasteiger partial charge on any atom is -0.356 e. The predicted molar refractivity (Wildman–Crippen MR) is 72.0 cm³/mol. The molecule has 0 amide bonds. The van der Waals surface area contributed by atoms with E-state index in [0.717, 1.165) is 37.3 Å². The molecule has 2 aromatic rings. The van der Waals surface area contributed by atoms with Crippen LogP contribution in [-0.2, 0) is 0 Å². The van der Waals surface area contributed by atoms with E-state index >= 15 is 0 Å². The van der Waals surface area contributed by atoms with Crippen molar-refractivity contribution in [1.82, 2.24) is 15.1 Å². The number of hydrogen-bond donors (Lipinski definition) is 1. The van der Waals surface area contributed by atoms with E-state index in [2.05, 4.69) is 20.0 Å². The first-order valence-corrected chi connectivity index (χ1v) is 6.55. The third kappa shape index (κ3) is 2.69. The molecular weight excluding hydrogens is 266 g/mol. The van der Waals surface area contributed by atoms with Crippen molar-refractivity contribution >= 4 is 17.4 Å². The molecule has 0 atom stereocenters. The fourth-order valence-electron chi connectivity index (χ4n) is 2.20. The molecule has 0 radical (unpaired) electrons. The van der Waals surface area contributed by atoms with Crippen LogP contribution in [0.3, 0.4) is 0 Å². The summed E-state index contributed by atoms with van der Waals surface area (Å²) in [5.74, 6) is 1.35. The number of rotatable bonds is 2. The first-order chi connectivity index (χ1) is 9.22. The van der Waals surface area contributed by atoms with Gasteiger partial charge in [0.05, 0.1) is 0 Å². The topological polar surface area (TPSA) is 81.1 Å². The third-order valence-corrected chi connectivity index (χ3v) is 3.46. The molecule has 3 rings (SSSR count). The van der Waals surface area contributed by atoms with Gasteiger partial charge in [0.2, 0.25) is 12.2 Å². The summed E-state index contributed by atoms with van der Waals surface area (Å²) in [5.41, 5.74) is 6.71. The molecule has 0 spiro atoms. The van der Waals surface area contributed by atoms with Crippen molar-refractivity contribution in [2.45, 2.75) is 18.9 Å². The van der Waals surface area contributed by atoms with Crippen LogP contribution in [-0.4, -0.2) is 34.3 Å². The van der Waals surface area contributed by atoms with Gasteiger partial charge in [-0.1, -0.05) is 16.8 Å². The SMILES string of the molecule is NC1CCN(c2cc(-c3ncon3)cc(Cl)n2)CC1. The summed E-state index contributed by atoms with van der Waals surface area (Å²) in [5, 5.41) is 4.24. The number of nitrogens with zero attached hydrogens (tertiary/aromatic N) is 4. The minimum atomic E-state index is 0.284. The lowest BCUT2D eigenvalue weighted by Gasteiger charge is -2.31. The second kappa shape index (κ2) is 5.14. The van der Waals surface area contributed by atoms with Gasteiger partial charge in [-0.3, -0.25) is 0 Å². The zero-order valence-electron chi connectivity index (χ0n) is 10.3. The Balaban J connectivity index is 1.90. The van der Waals surface area contributed by atoms with Gasteiger partial charge in [-0.25, -0.2) is 4.98 Å². The molecule has 1 aliphatic rings. The van der Waals surface area contributed by atoms with Crippen LogP contribution in [0, 0.1) is 0 Å². The average molecular weight is 280 g/mol. The lowest BCUT2D eigenvalue weighted by molar-refractivity contribution is 0.419. The fraction of sp³-hybridized carbons (Fsp3) is 0.417.